The van der Waals surface area contributed by atoms with Crippen molar-refractivity contribution < 1.29 is 0 Å². The van der Waals surface area contributed by atoms with E-state index in [0.717, 1.165) is 56.3 Å². The van der Waals surface area contributed by atoms with E-state index in [4.69, 9.17) is 9.97 Å². The molecule has 0 fully saturated rings. The highest BCUT2D eigenvalue weighted by Crippen LogP contribution is 2.54. The van der Waals surface area contributed by atoms with Crippen molar-refractivity contribution >= 4 is 38.9 Å². The first-order valence-corrected chi connectivity index (χ1v) is 16.9. The van der Waals surface area contributed by atoms with Gasteiger partial charge in [-0.3, -0.25) is 0 Å². The standard InChI is InChI=1S/C46H30N4/c1-5-15-31(16-6-1)35-25-26-39-37(27-35)38-28-36(32-17-7-2-8-18-32)29-42-45(38)49(39)40-23-13-14-24-41(40)50(42)46-43(33-19-9-3-10-20-33)47-30-48-44(46)34-21-11-4-12-22-34/h1-30H. The van der Waals surface area contributed by atoms with Crippen LogP contribution >= 0.6 is 0 Å². The van der Waals surface area contributed by atoms with Gasteiger partial charge in [-0.2, -0.15) is 0 Å². The number of hydrogen-bond acceptors (Lipinski definition) is 3. The Kier molecular flexibility index (Phi) is 6.46. The molecule has 0 saturated carbocycles. The largest absolute Gasteiger partial charge is 0.305 e. The summed E-state index contributed by atoms with van der Waals surface area (Å²) in [5.41, 5.74) is 15.1. The lowest BCUT2D eigenvalue weighted by molar-refractivity contribution is 1.09. The summed E-state index contributed by atoms with van der Waals surface area (Å²) in [5.74, 6) is 0. The van der Waals surface area contributed by atoms with E-state index in [0.29, 0.717) is 0 Å². The number of fused-ring (bicyclic) bond motifs is 5. The molecule has 7 aromatic carbocycles. The normalized spacial score (nSPS) is 12.0. The molecule has 0 bridgehead atoms. The third kappa shape index (κ3) is 4.39. The van der Waals surface area contributed by atoms with E-state index in [2.05, 4.69) is 173 Å². The highest BCUT2D eigenvalue weighted by atomic mass is 15.2. The molecule has 0 aliphatic carbocycles. The molecule has 1 aliphatic rings. The Morgan fingerprint density at radius 2 is 0.860 bits per heavy atom. The highest BCUT2D eigenvalue weighted by Gasteiger charge is 2.33. The molecule has 3 heterocycles. The van der Waals surface area contributed by atoms with E-state index in [1.54, 1.807) is 6.33 Å². The van der Waals surface area contributed by atoms with Gasteiger partial charge in [-0.15, -0.1) is 0 Å². The van der Waals surface area contributed by atoms with Crippen LogP contribution in [0.5, 0.6) is 0 Å². The third-order valence-corrected chi connectivity index (χ3v) is 9.80. The maximum atomic E-state index is 5.01. The molecule has 0 radical (unpaired) electrons. The van der Waals surface area contributed by atoms with E-state index in [1.165, 1.54) is 33.0 Å². The lowest BCUT2D eigenvalue weighted by Crippen LogP contribution is -2.20. The Hall–Kier alpha value is -6.78. The molecule has 9 aromatic rings. The zero-order valence-electron chi connectivity index (χ0n) is 27.1. The average molecular weight is 639 g/mol. The molecule has 234 valence electrons. The van der Waals surface area contributed by atoms with Crippen molar-refractivity contribution in [3.05, 3.63) is 182 Å². The number of benzene rings is 7. The van der Waals surface area contributed by atoms with E-state index < -0.39 is 0 Å². The van der Waals surface area contributed by atoms with Crippen LogP contribution in [0, 0.1) is 0 Å². The van der Waals surface area contributed by atoms with Crippen molar-refractivity contribution in [2.24, 2.45) is 0 Å². The Morgan fingerprint density at radius 3 is 1.46 bits per heavy atom. The van der Waals surface area contributed by atoms with Crippen LogP contribution in [0.25, 0.3) is 72.3 Å². The van der Waals surface area contributed by atoms with Gasteiger partial charge in [0, 0.05) is 21.9 Å². The van der Waals surface area contributed by atoms with E-state index in [-0.39, 0.29) is 0 Å². The number of para-hydroxylation sites is 2. The second-order valence-electron chi connectivity index (χ2n) is 12.7. The summed E-state index contributed by atoms with van der Waals surface area (Å²) in [6, 6.07) is 62.6. The van der Waals surface area contributed by atoms with Gasteiger partial charge in [-0.05, 0) is 58.7 Å². The van der Waals surface area contributed by atoms with Crippen molar-refractivity contribution in [3.63, 3.8) is 0 Å². The summed E-state index contributed by atoms with van der Waals surface area (Å²) in [6.45, 7) is 0. The Balaban J connectivity index is 1.36. The molecule has 0 amide bonds. The molecule has 2 aromatic heterocycles. The van der Waals surface area contributed by atoms with Gasteiger partial charge < -0.3 is 9.47 Å². The third-order valence-electron chi connectivity index (χ3n) is 9.80. The minimum atomic E-state index is 0.878. The van der Waals surface area contributed by atoms with Crippen molar-refractivity contribution in [2.75, 3.05) is 4.90 Å². The van der Waals surface area contributed by atoms with Gasteiger partial charge in [0.15, 0.2) is 0 Å². The van der Waals surface area contributed by atoms with Crippen LogP contribution in [0.4, 0.5) is 17.1 Å². The first-order chi connectivity index (χ1) is 24.8. The first kappa shape index (κ1) is 28.3. The molecule has 0 saturated heterocycles. The smallest absolute Gasteiger partial charge is 0.116 e. The topological polar surface area (TPSA) is 34.0 Å². The lowest BCUT2D eigenvalue weighted by Gasteiger charge is -2.35. The summed E-state index contributed by atoms with van der Waals surface area (Å²) in [4.78, 5) is 12.4. The Labute approximate surface area is 290 Å². The number of aromatic nitrogens is 3. The molecule has 0 unspecified atom stereocenters. The van der Waals surface area contributed by atoms with Crippen LogP contribution in [0.15, 0.2) is 182 Å². The number of rotatable bonds is 5. The van der Waals surface area contributed by atoms with Gasteiger partial charge in [-0.1, -0.05) is 140 Å². The predicted octanol–water partition coefficient (Wildman–Crippen LogP) is 12.0. The SMILES string of the molecule is c1ccc(-c2ccc3c(c2)c2cc(-c4ccccc4)cc4c2n3-c2ccccc2N4c2c(-c3ccccc3)ncnc2-c2ccccc2)cc1. The summed E-state index contributed by atoms with van der Waals surface area (Å²) < 4.78 is 2.45. The second kappa shape index (κ2) is 11.4. The summed E-state index contributed by atoms with van der Waals surface area (Å²) in [6.07, 6.45) is 1.70. The molecule has 50 heavy (non-hydrogen) atoms. The van der Waals surface area contributed by atoms with Gasteiger partial charge in [0.2, 0.25) is 0 Å². The molecular formula is C46H30N4. The minimum absolute atomic E-state index is 0.878. The van der Waals surface area contributed by atoms with Crippen LogP contribution in [0.3, 0.4) is 0 Å². The van der Waals surface area contributed by atoms with Gasteiger partial charge >= 0.3 is 0 Å². The first-order valence-electron chi connectivity index (χ1n) is 16.9. The summed E-state index contributed by atoms with van der Waals surface area (Å²) in [5, 5.41) is 2.42. The van der Waals surface area contributed by atoms with Crippen LogP contribution in [-0.2, 0) is 0 Å². The fourth-order valence-electron chi connectivity index (χ4n) is 7.57. The fraction of sp³-hybridized carbons (Fsp3) is 0. The van der Waals surface area contributed by atoms with E-state index in [1.807, 2.05) is 12.1 Å². The Morgan fingerprint density at radius 1 is 0.360 bits per heavy atom. The number of anilines is 3. The molecule has 4 heteroatoms. The summed E-state index contributed by atoms with van der Waals surface area (Å²) in [7, 11) is 0. The minimum Gasteiger partial charge on any atom is -0.305 e. The average Bonchev–Trinajstić information content (AvgIpc) is 3.53. The van der Waals surface area contributed by atoms with Crippen LogP contribution in [0.2, 0.25) is 0 Å². The molecule has 1 aliphatic heterocycles. The molecular weight excluding hydrogens is 609 g/mol. The molecule has 4 nitrogen and oxygen atoms in total. The zero-order valence-corrected chi connectivity index (χ0v) is 27.1. The maximum Gasteiger partial charge on any atom is 0.116 e. The summed E-state index contributed by atoms with van der Waals surface area (Å²) >= 11 is 0. The quantitative estimate of drug-likeness (QED) is 0.188. The van der Waals surface area contributed by atoms with Gasteiger partial charge in [-0.25, -0.2) is 9.97 Å². The van der Waals surface area contributed by atoms with Gasteiger partial charge in [0.05, 0.1) is 45.2 Å². The predicted molar refractivity (Wildman–Crippen MR) is 206 cm³/mol. The number of nitrogens with zero attached hydrogens (tertiary/aromatic N) is 4. The lowest BCUT2D eigenvalue weighted by atomic mass is 9.97. The van der Waals surface area contributed by atoms with Crippen molar-refractivity contribution in [3.8, 4) is 50.5 Å². The van der Waals surface area contributed by atoms with Crippen LogP contribution < -0.4 is 4.90 Å². The van der Waals surface area contributed by atoms with Gasteiger partial charge in [0.1, 0.15) is 6.33 Å². The zero-order chi connectivity index (χ0) is 33.0. The number of hydrogen-bond donors (Lipinski definition) is 0. The molecule has 0 N–H and O–H groups in total. The van der Waals surface area contributed by atoms with Gasteiger partial charge in [0.25, 0.3) is 0 Å². The monoisotopic (exact) mass is 638 g/mol. The fourth-order valence-corrected chi connectivity index (χ4v) is 7.57. The molecule has 0 spiro atoms. The molecule has 0 atom stereocenters. The second-order valence-corrected chi connectivity index (χ2v) is 12.7. The van der Waals surface area contributed by atoms with E-state index >= 15 is 0 Å². The maximum absolute atomic E-state index is 5.01. The van der Waals surface area contributed by atoms with E-state index in [9.17, 15) is 0 Å². The Bertz CT molecular complexity index is 2620. The van der Waals surface area contributed by atoms with Crippen LogP contribution in [-0.4, -0.2) is 14.5 Å². The van der Waals surface area contributed by atoms with Crippen molar-refractivity contribution in [1.29, 1.82) is 0 Å². The highest BCUT2D eigenvalue weighted by molar-refractivity contribution is 6.19. The van der Waals surface area contributed by atoms with Crippen molar-refractivity contribution in [1.82, 2.24) is 14.5 Å². The van der Waals surface area contributed by atoms with Crippen LogP contribution in [0.1, 0.15) is 0 Å². The van der Waals surface area contributed by atoms with Crippen molar-refractivity contribution in [2.45, 2.75) is 0 Å². The molecule has 10 rings (SSSR count).